The van der Waals surface area contributed by atoms with Crippen LogP contribution in [0.15, 0.2) is 12.7 Å². The smallest absolute Gasteiger partial charge is 0.403 e. The topological polar surface area (TPSA) is 61.8 Å². The van der Waals surface area contributed by atoms with Gasteiger partial charge < -0.3 is 13.8 Å². The molecule has 0 heterocycles. The first-order chi connectivity index (χ1) is 7.83. The highest BCUT2D eigenvalue weighted by Gasteiger charge is 2.54. The van der Waals surface area contributed by atoms with Crippen molar-refractivity contribution in [3.05, 3.63) is 12.7 Å². The lowest BCUT2D eigenvalue weighted by Gasteiger charge is -2.24. The summed E-state index contributed by atoms with van der Waals surface area (Å²) in [6.07, 6.45) is 0.725. The van der Waals surface area contributed by atoms with E-state index >= 15 is 0 Å². The summed E-state index contributed by atoms with van der Waals surface area (Å²) in [6, 6.07) is 0. The molecule has 0 bridgehead atoms. The van der Waals surface area contributed by atoms with E-state index in [9.17, 15) is 18.1 Å². The minimum absolute atomic E-state index is 0.206. The van der Waals surface area contributed by atoms with Crippen molar-refractivity contribution in [1.82, 2.24) is 0 Å². The van der Waals surface area contributed by atoms with Crippen LogP contribution in [-0.2, 0) is 23.1 Å². The molecule has 0 aromatic carbocycles. The fourth-order valence-corrected chi connectivity index (χ4v) is 2.22. The van der Waals surface area contributed by atoms with Gasteiger partial charge in [0.25, 0.3) is 0 Å². The molecular weight excluding hydrogens is 257 g/mol. The van der Waals surface area contributed by atoms with Gasteiger partial charge in [-0.2, -0.15) is 8.78 Å². The van der Waals surface area contributed by atoms with Crippen LogP contribution in [0.25, 0.3) is 0 Å². The molecule has 0 saturated carbocycles. The molecule has 0 unspecified atom stereocenters. The van der Waals surface area contributed by atoms with Crippen LogP contribution in [0.4, 0.5) is 8.78 Å². The van der Waals surface area contributed by atoms with E-state index < -0.39 is 25.8 Å². The summed E-state index contributed by atoms with van der Waals surface area (Å²) in [5.74, 6) is -1.04. The fraction of sp³-hybridized carbons (Fsp3) is 0.667. The molecule has 0 saturated heterocycles. The number of alkyl halides is 2. The average molecular weight is 272 g/mol. The minimum atomic E-state index is -4.63. The predicted octanol–water partition coefficient (Wildman–Crippen LogP) is 2.57. The van der Waals surface area contributed by atoms with Gasteiger partial charge in [-0.25, -0.2) is 4.79 Å². The summed E-state index contributed by atoms with van der Waals surface area (Å²) >= 11 is 0. The van der Waals surface area contributed by atoms with Gasteiger partial charge >= 0.3 is 19.2 Å². The van der Waals surface area contributed by atoms with Crippen molar-refractivity contribution in [3.8, 4) is 0 Å². The zero-order valence-corrected chi connectivity index (χ0v) is 10.5. The first-order valence-corrected chi connectivity index (χ1v) is 6.43. The van der Waals surface area contributed by atoms with Crippen LogP contribution in [-0.4, -0.2) is 31.5 Å². The van der Waals surface area contributed by atoms with E-state index in [0.29, 0.717) is 0 Å². The molecule has 8 heteroatoms. The second-order valence-electron chi connectivity index (χ2n) is 2.81. The van der Waals surface area contributed by atoms with Crippen molar-refractivity contribution in [2.45, 2.75) is 19.5 Å². The van der Waals surface area contributed by atoms with E-state index in [-0.39, 0.29) is 13.2 Å². The van der Waals surface area contributed by atoms with Crippen LogP contribution < -0.4 is 0 Å². The molecule has 0 rings (SSSR count). The van der Waals surface area contributed by atoms with Gasteiger partial charge in [0.1, 0.15) is 0 Å². The first-order valence-electron chi connectivity index (χ1n) is 4.89. The first kappa shape index (κ1) is 16.2. The highest BCUT2D eigenvalue weighted by atomic mass is 31.2. The summed E-state index contributed by atoms with van der Waals surface area (Å²) in [6.45, 7) is 4.05. The second kappa shape index (κ2) is 6.83. The molecule has 5 nitrogen and oxygen atoms in total. The van der Waals surface area contributed by atoms with E-state index in [1.54, 1.807) is 0 Å². The highest BCUT2D eigenvalue weighted by molar-refractivity contribution is 7.55. The van der Waals surface area contributed by atoms with E-state index in [1.807, 2.05) is 0 Å². The maximum atomic E-state index is 13.5. The van der Waals surface area contributed by atoms with Gasteiger partial charge in [-0.3, -0.25) is 4.57 Å². The zero-order valence-electron chi connectivity index (χ0n) is 9.65. The second-order valence-corrected chi connectivity index (χ2v) is 4.98. The quantitative estimate of drug-likeness (QED) is 0.386. The Morgan fingerprint density at radius 2 is 1.82 bits per heavy atom. The number of ether oxygens (including phenoxy) is 1. The third-order valence-corrected chi connectivity index (χ3v) is 3.68. The normalized spacial score (nSPS) is 12.2. The molecule has 0 atom stereocenters. The Balaban J connectivity index is 4.76. The van der Waals surface area contributed by atoms with Gasteiger partial charge in [0.15, 0.2) is 6.61 Å². The molecule has 0 amide bonds. The number of hydrogen-bond donors (Lipinski definition) is 0. The monoisotopic (exact) mass is 272 g/mol. The molecule has 0 aliphatic heterocycles. The van der Waals surface area contributed by atoms with Crippen LogP contribution in [0.5, 0.6) is 0 Å². The number of hydrogen-bond acceptors (Lipinski definition) is 5. The summed E-state index contributed by atoms with van der Waals surface area (Å²) in [5, 5.41) is 0. The van der Waals surface area contributed by atoms with Crippen molar-refractivity contribution in [2.75, 3.05) is 19.8 Å². The number of halogens is 2. The summed E-state index contributed by atoms with van der Waals surface area (Å²) in [4.78, 5) is 10.7. The van der Waals surface area contributed by atoms with Gasteiger partial charge in [-0.05, 0) is 13.8 Å². The zero-order chi connectivity index (χ0) is 13.5. The van der Waals surface area contributed by atoms with Crippen LogP contribution in [0.2, 0.25) is 0 Å². The van der Waals surface area contributed by atoms with Crippen molar-refractivity contribution >= 4 is 13.6 Å². The van der Waals surface area contributed by atoms with Crippen LogP contribution in [0.3, 0.4) is 0 Å². The lowest BCUT2D eigenvalue weighted by Crippen LogP contribution is -2.27. The Morgan fingerprint density at radius 3 is 2.18 bits per heavy atom. The molecule has 0 fully saturated rings. The summed E-state index contributed by atoms with van der Waals surface area (Å²) < 4.78 is 51.9. The fourth-order valence-electron chi connectivity index (χ4n) is 0.862. The summed E-state index contributed by atoms with van der Waals surface area (Å²) in [7, 11) is -4.63. The summed E-state index contributed by atoms with van der Waals surface area (Å²) in [5.41, 5.74) is -3.89. The van der Waals surface area contributed by atoms with Gasteiger partial charge in [-0.15, -0.1) is 0 Å². The maximum absolute atomic E-state index is 13.5. The van der Waals surface area contributed by atoms with Gasteiger partial charge in [0.2, 0.25) is 0 Å². The third kappa shape index (κ3) is 4.53. The molecule has 100 valence electrons. The lowest BCUT2D eigenvalue weighted by molar-refractivity contribution is -0.144. The standard InChI is InChI=1S/C9H15F2O5P/c1-4-8(12)14-7-9(10,11)17(13,15-5-2)16-6-3/h4H,1,5-7H2,2-3H3. The number of rotatable bonds is 8. The van der Waals surface area contributed by atoms with Crippen molar-refractivity contribution in [2.24, 2.45) is 0 Å². The molecule has 0 aliphatic carbocycles. The Labute approximate surface area is 98.3 Å². The molecular formula is C9H15F2O5P. The van der Waals surface area contributed by atoms with Crippen molar-refractivity contribution in [3.63, 3.8) is 0 Å². The van der Waals surface area contributed by atoms with E-state index in [0.717, 1.165) is 6.08 Å². The van der Waals surface area contributed by atoms with Crippen LogP contribution in [0.1, 0.15) is 13.8 Å². The average Bonchev–Trinajstić information content (AvgIpc) is 2.26. The number of carbonyl (C=O) groups is 1. The van der Waals surface area contributed by atoms with Gasteiger partial charge in [-0.1, -0.05) is 6.58 Å². The Bertz CT molecular complexity index is 309. The molecule has 0 aromatic rings. The van der Waals surface area contributed by atoms with E-state index in [1.165, 1.54) is 13.8 Å². The Morgan fingerprint density at radius 1 is 1.35 bits per heavy atom. The van der Waals surface area contributed by atoms with Crippen LogP contribution >= 0.6 is 7.60 Å². The molecule has 0 radical (unpaired) electrons. The Kier molecular flexibility index (Phi) is 6.52. The SMILES string of the molecule is C=CC(=O)OCC(F)(F)P(=O)(OCC)OCC. The third-order valence-electron chi connectivity index (χ3n) is 1.55. The maximum Gasteiger partial charge on any atom is 0.403 e. The van der Waals surface area contributed by atoms with Gasteiger partial charge in [0.05, 0.1) is 13.2 Å². The molecule has 0 aromatic heterocycles. The number of carbonyl (C=O) groups excluding carboxylic acids is 1. The van der Waals surface area contributed by atoms with Crippen LogP contribution in [0, 0.1) is 0 Å². The highest BCUT2D eigenvalue weighted by Crippen LogP contribution is 2.61. The molecule has 0 spiro atoms. The lowest BCUT2D eigenvalue weighted by atomic mass is 10.6. The molecule has 0 aliphatic rings. The predicted molar refractivity (Wildman–Crippen MR) is 57.0 cm³/mol. The van der Waals surface area contributed by atoms with E-state index in [2.05, 4.69) is 20.4 Å². The van der Waals surface area contributed by atoms with Crippen molar-refractivity contribution in [1.29, 1.82) is 0 Å². The van der Waals surface area contributed by atoms with E-state index in [4.69, 9.17) is 0 Å². The van der Waals surface area contributed by atoms with Gasteiger partial charge in [0, 0.05) is 6.08 Å². The molecule has 17 heavy (non-hydrogen) atoms. The van der Waals surface area contributed by atoms with Crippen molar-refractivity contribution < 1.29 is 31.9 Å². The minimum Gasteiger partial charge on any atom is -0.455 e. The largest absolute Gasteiger partial charge is 0.455 e. The number of esters is 1. The Hall–Kier alpha value is -0.780. The molecule has 0 N–H and O–H groups in total.